The number of aromatic nitrogens is 1. The van der Waals surface area contributed by atoms with Gasteiger partial charge < -0.3 is 20.3 Å². The third-order valence-electron chi connectivity index (χ3n) is 3.04. The second-order valence-corrected chi connectivity index (χ2v) is 4.55. The monoisotopic (exact) mass is 303 g/mol. The van der Waals surface area contributed by atoms with E-state index >= 15 is 0 Å². The molecule has 0 fully saturated rings. The molecule has 7 nitrogen and oxygen atoms in total. The van der Waals surface area contributed by atoms with Crippen LogP contribution in [0.4, 0.5) is 17.2 Å². The molecule has 0 bridgehead atoms. The first-order valence-electron chi connectivity index (χ1n) is 6.93. The van der Waals surface area contributed by atoms with Gasteiger partial charge in [0.25, 0.3) is 0 Å². The molecule has 0 unspecified atom stereocenters. The van der Waals surface area contributed by atoms with Gasteiger partial charge in [-0.3, -0.25) is 0 Å². The van der Waals surface area contributed by atoms with Crippen LogP contribution >= 0.6 is 0 Å². The molecule has 3 N–H and O–H groups in total. The molecule has 1 heterocycles. The van der Waals surface area contributed by atoms with Gasteiger partial charge >= 0.3 is 5.82 Å². The Morgan fingerprint density at radius 1 is 0.909 bits per heavy atom. The van der Waals surface area contributed by atoms with Crippen molar-refractivity contribution in [3.8, 4) is 0 Å². The summed E-state index contributed by atoms with van der Waals surface area (Å²) >= 11 is 0. The number of aliphatic hydroxyl groups is 2. The zero-order chi connectivity index (χ0) is 15.8. The first kappa shape index (κ1) is 15.9. The van der Waals surface area contributed by atoms with E-state index in [2.05, 4.69) is 10.2 Å². The zero-order valence-corrected chi connectivity index (χ0v) is 12.1. The van der Waals surface area contributed by atoms with E-state index < -0.39 is 0 Å². The summed E-state index contributed by atoms with van der Waals surface area (Å²) in [6.45, 7) is 0.948. The van der Waals surface area contributed by atoms with Crippen molar-refractivity contribution < 1.29 is 20.2 Å². The fraction of sp³-hybridized carbons (Fsp3) is 0.267. The highest BCUT2D eigenvalue weighted by molar-refractivity contribution is 5.52. The second-order valence-electron chi connectivity index (χ2n) is 4.55. The van der Waals surface area contributed by atoms with E-state index in [1.807, 2.05) is 17.0 Å². The van der Waals surface area contributed by atoms with Crippen LogP contribution in [0.2, 0.25) is 0 Å². The van der Waals surface area contributed by atoms with Gasteiger partial charge in [-0.25, -0.2) is 0 Å². The Morgan fingerprint density at radius 2 is 1.59 bits per heavy atom. The normalized spacial score (nSPS) is 11.0. The van der Waals surface area contributed by atoms with E-state index in [0.29, 0.717) is 24.6 Å². The van der Waals surface area contributed by atoms with Crippen LogP contribution in [0, 0.1) is 0 Å². The molecule has 1 aromatic carbocycles. The summed E-state index contributed by atoms with van der Waals surface area (Å²) in [5.41, 5.74) is 1.53. The molecule has 7 heteroatoms. The topological polar surface area (TPSA) is 92.5 Å². The summed E-state index contributed by atoms with van der Waals surface area (Å²) in [7, 11) is 0. The number of benzene rings is 1. The quantitative estimate of drug-likeness (QED) is 0.410. The van der Waals surface area contributed by atoms with E-state index in [4.69, 9.17) is 10.2 Å². The second kappa shape index (κ2) is 8.06. The summed E-state index contributed by atoms with van der Waals surface area (Å²) in [4.78, 5) is 1.87. The van der Waals surface area contributed by atoms with Crippen molar-refractivity contribution in [1.82, 2.24) is 0 Å². The molecule has 0 amide bonds. The Balaban J connectivity index is 2.10. The first-order chi connectivity index (χ1) is 10.7. The lowest BCUT2D eigenvalue weighted by Crippen LogP contribution is -2.29. The van der Waals surface area contributed by atoms with Crippen molar-refractivity contribution in [3.63, 3.8) is 0 Å². The highest BCUT2D eigenvalue weighted by Crippen LogP contribution is 2.21. The van der Waals surface area contributed by atoms with Gasteiger partial charge in [-0.1, -0.05) is 0 Å². The van der Waals surface area contributed by atoms with Crippen molar-refractivity contribution in [1.29, 1.82) is 0 Å². The van der Waals surface area contributed by atoms with Gasteiger partial charge in [-0.2, -0.15) is 0 Å². The molecule has 0 aliphatic rings. The van der Waals surface area contributed by atoms with Crippen LogP contribution in [-0.2, 0) is 0 Å². The van der Waals surface area contributed by atoms with Gasteiger partial charge in [0.15, 0.2) is 0 Å². The maximum absolute atomic E-state index is 9.53. The molecule has 0 spiro atoms. The highest BCUT2D eigenvalue weighted by Gasteiger charge is 2.08. The zero-order valence-electron chi connectivity index (χ0n) is 12.1. The first-order valence-corrected chi connectivity index (χ1v) is 6.93. The van der Waals surface area contributed by atoms with Crippen LogP contribution in [0.5, 0.6) is 0 Å². The Labute approximate surface area is 128 Å². The smallest absolute Gasteiger partial charge is 0.388 e. The summed E-state index contributed by atoms with van der Waals surface area (Å²) in [5, 5.41) is 35.6. The van der Waals surface area contributed by atoms with Gasteiger partial charge in [0, 0.05) is 24.8 Å². The van der Waals surface area contributed by atoms with Crippen molar-refractivity contribution in [2.45, 2.75) is 0 Å². The molecule has 0 radical (unpaired) electrons. The fourth-order valence-electron chi connectivity index (χ4n) is 1.96. The number of hydrogen-bond acceptors (Lipinski definition) is 6. The molecule has 0 saturated heterocycles. The van der Waals surface area contributed by atoms with Gasteiger partial charge in [0.2, 0.25) is 0 Å². The van der Waals surface area contributed by atoms with Crippen LogP contribution in [0.25, 0.3) is 0 Å². The molecule has 116 valence electrons. The lowest BCUT2D eigenvalue weighted by Gasteiger charge is -2.22. The number of nitrogens with zero attached hydrogens (tertiary/aromatic N) is 4. The predicted octanol–water partition coefficient (Wildman–Crippen LogP) is 1.42. The average Bonchev–Trinajstić information content (AvgIpc) is 2.54. The third kappa shape index (κ3) is 4.24. The van der Waals surface area contributed by atoms with E-state index in [-0.39, 0.29) is 13.2 Å². The van der Waals surface area contributed by atoms with E-state index in [9.17, 15) is 5.21 Å². The Kier molecular flexibility index (Phi) is 5.81. The number of pyridine rings is 1. The Hall–Kier alpha value is -2.51. The lowest BCUT2D eigenvalue weighted by atomic mass is 10.2. The molecular weight excluding hydrogens is 284 g/mol. The minimum atomic E-state index is 0.0198. The number of anilines is 1. The van der Waals surface area contributed by atoms with Gasteiger partial charge in [-0.05, 0) is 46.2 Å². The molecule has 22 heavy (non-hydrogen) atoms. The molecule has 2 aromatic rings. The van der Waals surface area contributed by atoms with E-state index in [1.165, 1.54) is 6.20 Å². The summed E-state index contributed by atoms with van der Waals surface area (Å²) in [6.07, 6.45) is 1.47. The summed E-state index contributed by atoms with van der Waals surface area (Å²) in [5.74, 6) is 0.328. The Bertz CT molecular complexity index is 610. The van der Waals surface area contributed by atoms with Crippen LogP contribution < -0.4 is 9.63 Å². The average molecular weight is 303 g/mol. The molecule has 0 atom stereocenters. The largest absolute Gasteiger partial charge is 0.395 e. The van der Waals surface area contributed by atoms with E-state index in [1.54, 1.807) is 30.3 Å². The van der Waals surface area contributed by atoms with Gasteiger partial charge in [0.05, 0.1) is 18.3 Å². The number of hydrogen-bond donors (Lipinski definition) is 3. The van der Waals surface area contributed by atoms with Crippen LogP contribution in [0.1, 0.15) is 0 Å². The fourth-order valence-corrected chi connectivity index (χ4v) is 1.96. The number of aliphatic hydroxyl groups excluding tert-OH is 2. The van der Waals surface area contributed by atoms with Gasteiger partial charge in [0.1, 0.15) is 11.9 Å². The molecule has 2 rings (SSSR count). The van der Waals surface area contributed by atoms with Gasteiger partial charge in [-0.15, -0.1) is 0 Å². The molecule has 0 aliphatic heterocycles. The minimum absolute atomic E-state index is 0.0198. The molecule has 0 saturated carbocycles. The summed E-state index contributed by atoms with van der Waals surface area (Å²) < 4.78 is 0.891. The minimum Gasteiger partial charge on any atom is -0.395 e. The van der Waals surface area contributed by atoms with Crippen molar-refractivity contribution >= 4 is 17.2 Å². The standard InChI is InChI=1S/C15H19N4O3/c20-11-9-18(10-12-21)14-6-4-13(5-7-14)16-17-15-3-1-2-8-19(15)22/h1-8,20-22H,9-12H2/q+1. The maximum atomic E-state index is 9.53. The lowest BCUT2D eigenvalue weighted by molar-refractivity contribution is -0.894. The van der Waals surface area contributed by atoms with E-state index in [0.717, 1.165) is 10.4 Å². The van der Waals surface area contributed by atoms with Crippen molar-refractivity contribution in [2.24, 2.45) is 10.2 Å². The number of rotatable bonds is 7. The molecular formula is C15H19N4O3+. The predicted molar refractivity (Wildman–Crippen MR) is 80.8 cm³/mol. The van der Waals surface area contributed by atoms with Crippen molar-refractivity contribution in [2.75, 3.05) is 31.2 Å². The summed E-state index contributed by atoms with van der Waals surface area (Å²) in [6, 6.07) is 12.3. The SMILES string of the molecule is OCCN(CCO)c1ccc(N=Nc2cccc[n+]2O)cc1. The third-order valence-corrected chi connectivity index (χ3v) is 3.04. The highest BCUT2D eigenvalue weighted by atomic mass is 16.5. The van der Waals surface area contributed by atoms with Crippen LogP contribution in [0.15, 0.2) is 58.9 Å². The van der Waals surface area contributed by atoms with Crippen LogP contribution in [-0.4, -0.2) is 41.7 Å². The molecule has 1 aromatic heterocycles. The Morgan fingerprint density at radius 3 is 2.18 bits per heavy atom. The molecule has 0 aliphatic carbocycles. The van der Waals surface area contributed by atoms with Crippen molar-refractivity contribution in [3.05, 3.63) is 48.7 Å². The maximum Gasteiger partial charge on any atom is 0.388 e. The van der Waals surface area contributed by atoms with Crippen LogP contribution in [0.3, 0.4) is 0 Å². The number of azo groups is 1.